The third kappa shape index (κ3) is 5.40. The van der Waals surface area contributed by atoms with E-state index in [0.717, 1.165) is 35.6 Å². The summed E-state index contributed by atoms with van der Waals surface area (Å²) < 4.78 is 2.87. The predicted octanol–water partition coefficient (Wildman–Crippen LogP) is 9.56. The second-order valence-electron chi connectivity index (χ2n) is 13.6. The fourth-order valence-corrected chi connectivity index (χ4v) is 8.44. The van der Waals surface area contributed by atoms with Crippen molar-refractivity contribution in [2.75, 3.05) is 0 Å². The molecule has 0 saturated heterocycles. The number of aromatic nitrogens is 2. The Bertz CT molecular complexity index is 727. The maximum absolute atomic E-state index is 5.26. The highest BCUT2D eigenvalue weighted by Gasteiger charge is 2.36. The van der Waals surface area contributed by atoms with Gasteiger partial charge in [0.1, 0.15) is 5.82 Å². The van der Waals surface area contributed by atoms with Gasteiger partial charge < -0.3 is 4.57 Å². The van der Waals surface area contributed by atoms with Gasteiger partial charge in [0, 0.05) is 29.8 Å². The van der Waals surface area contributed by atoms with Crippen LogP contribution in [0.3, 0.4) is 0 Å². The van der Waals surface area contributed by atoms with Crippen LogP contribution in [0.5, 0.6) is 0 Å². The smallest absolute Gasteiger partial charge is 0.112 e. The first-order chi connectivity index (χ1) is 16.0. The normalized spacial score (nSPS) is 33.3. The average molecular weight is 453 g/mol. The third-order valence-electron chi connectivity index (χ3n) is 10.6. The molecule has 0 radical (unpaired) electrons. The zero-order valence-electron chi connectivity index (χ0n) is 22.2. The molecule has 5 rings (SSSR count). The van der Waals surface area contributed by atoms with Crippen molar-refractivity contribution in [2.45, 2.75) is 154 Å². The molecule has 0 N–H and O–H groups in total. The molecule has 4 saturated carbocycles. The minimum atomic E-state index is 0.469. The van der Waals surface area contributed by atoms with Crippen LogP contribution >= 0.6 is 0 Å². The van der Waals surface area contributed by atoms with E-state index in [2.05, 4.69) is 31.5 Å². The lowest BCUT2D eigenvalue weighted by molar-refractivity contribution is 0.165. The number of hydrogen-bond acceptors (Lipinski definition) is 1. The molecule has 0 unspecified atom stereocenters. The Balaban J connectivity index is 1.31. The Labute approximate surface area is 204 Å². The highest BCUT2D eigenvalue weighted by atomic mass is 15.1. The summed E-state index contributed by atoms with van der Waals surface area (Å²) in [5.74, 6) is 5.96. The van der Waals surface area contributed by atoms with Gasteiger partial charge in [0.25, 0.3) is 0 Å². The van der Waals surface area contributed by atoms with Crippen LogP contribution in [-0.2, 0) is 0 Å². The molecule has 4 aliphatic carbocycles. The van der Waals surface area contributed by atoms with Crippen LogP contribution in [0.15, 0.2) is 6.20 Å². The van der Waals surface area contributed by atoms with Crippen molar-refractivity contribution in [3.63, 3.8) is 0 Å². The maximum atomic E-state index is 5.26. The van der Waals surface area contributed by atoms with E-state index in [1.165, 1.54) is 121 Å². The van der Waals surface area contributed by atoms with Crippen LogP contribution in [-0.4, -0.2) is 9.55 Å². The zero-order chi connectivity index (χ0) is 22.8. The summed E-state index contributed by atoms with van der Waals surface area (Å²) in [7, 11) is 0. The lowest BCUT2D eigenvalue weighted by Gasteiger charge is -2.39. The fourth-order valence-electron chi connectivity index (χ4n) is 8.44. The van der Waals surface area contributed by atoms with Gasteiger partial charge in [0.15, 0.2) is 0 Å². The van der Waals surface area contributed by atoms with Crippen LogP contribution in [0, 0.1) is 23.2 Å². The van der Waals surface area contributed by atoms with Gasteiger partial charge in [0.05, 0.1) is 0 Å². The molecule has 4 aliphatic rings. The molecule has 1 heterocycles. The molecule has 0 aliphatic heterocycles. The molecule has 1 aromatic heterocycles. The van der Waals surface area contributed by atoms with Crippen molar-refractivity contribution in [3.8, 4) is 0 Å². The van der Waals surface area contributed by atoms with Crippen molar-refractivity contribution in [3.05, 3.63) is 17.7 Å². The van der Waals surface area contributed by atoms with Crippen molar-refractivity contribution in [1.29, 1.82) is 0 Å². The summed E-state index contributed by atoms with van der Waals surface area (Å²) >= 11 is 0. The first-order valence-corrected chi connectivity index (χ1v) is 15.1. The van der Waals surface area contributed by atoms with Crippen LogP contribution in [0.25, 0.3) is 0 Å². The minimum absolute atomic E-state index is 0.469. The molecular weight excluding hydrogens is 400 g/mol. The van der Waals surface area contributed by atoms with Gasteiger partial charge in [0.2, 0.25) is 0 Å². The first kappa shape index (κ1) is 23.9. The summed E-state index contributed by atoms with van der Waals surface area (Å²) in [6.45, 7) is 7.35. The molecule has 0 aromatic carbocycles. The molecule has 1 aromatic rings. The molecule has 4 fully saturated rings. The first-order valence-electron chi connectivity index (χ1n) is 15.1. The van der Waals surface area contributed by atoms with Gasteiger partial charge in [-0.1, -0.05) is 72.1 Å². The van der Waals surface area contributed by atoms with Crippen LogP contribution in [0.4, 0.5) is 0 Å². The van der Waals surface area contributed by atoms with Crippen LogP contribution in [0.1, 0.15) is 166 Å². The van der Waals surface area contributed by atoms with E-state index in [1.54, 1.807) is 5.69 Å². The summed E-state index contributed by atoms with van der Waals surface area (Å²) in [6, 6.07) is 0.739. The second kappa shape index (κ2) is 10.4. The molecule has 33 heavy (non-hydrogen) atoms. The predicted molar refractivity (Wildman–Crippen MR) is 140 cm³/mol. The third-order valence-corrected chi connectivity index (χ3v) is 10.6. The van der Waals surface area contributed by atoms with E-state index >= 15 is 0 Å². The second-order valence-corrected chi connectivity index (χ2v) is 13.6. The van der Waals surface area contributed by atoms with Gasteiger partial charge >= 0.3 is 0 Å². The summed E-state index contributed by atoms with van der Waals surface area (Å²) in [4.78, 5) is 5.26. The zero-order valence-corrected chi connectivity index (χ0v) is 22.2. The van der Waals surface area contributed by atoms with E-state index < -0.39 is 0 Å². The lowest BCUT2D eigenvalue weighted by atomic mass is 9.69. The molecule has 0 atom stereocenters. The molecule has 2 nitrogen and oxygen atoms in total. The molecular formula is C31H52N2. The quantitative estimate of drug-likeness (QED) is 0.444. The highest BCUT2D eigenvalue weighted by molar-refractivity contribution is 5.17. The van der Waals surface area contributed by atoms with Crippen molar-refractivity contribution < 1.29 is 0 Å². The summed E-state index contributed by atoms with van der Waals surface area (Å²) in [6.07, 6.45) is 28.3. The standard InChI is InChI=1S/C31H52N2/c1-31(2,3)27-20-18-25(19-21-27)29-22-32-30(33(29)28-12-8-5-9-13-28)26-16-14-24(15-17-26)23-10-6-4-7-11-23/h22-28H,4-21H2,1-3H3. The van der Waals surface area contributed by atoms with Crippen LogP contribution in [0.2, 0.25) is 0 Å². The van der Waals surface area contributed by atoms with Gasteiger partial charge in [-0.05, 0) is 87.4 Å². The molecule has 0 bridgehead atoms. The molecule has 2 heteroatoms. The number of rotatable bonds is 4. The number of imidazole rings is 1. The lowest BCUT2D eigenvalue weighted by Crippen LogP contribution is -2.28. The van der Waals surface area contributed by atoms with E-state index in [4.69, 9.17) is 4.98 Å². The van der Waals surface area contributed by atoms with Gasteiger partial charge in [-0.15, -0.1) is 0 Å². The van der Waals surface area contributed by atoms with E-state index in [1.807, 2.05) is 0 Å². The Morgan fingerprint density at radius 2 is 1.18 bits per heavy atom. The van der Waals surface area contributed by atoms with Crippen molar-refractivity contribution in [2.24, 2.45) is 23.2 Å². The summed E-state index contributed by atoms with van der Waals surface area (Å²) in [5.41, 5.74) is 2.11. The van der Waals surface area contributed by atoms with E-state index in [0.29, 0.717) is 5.41 Å². The monoisotopic (exact) mass is 452 g/mol. The van der Waals surface area contributed by atoms with Crippen LogP contribution < -0.4 is 0 Å². The minimum Gasteiger partial charge on any atom is -0.328 e. The Morgan fingerprint density at radius 3 is 1.79 bits per heavy atom. The maximum Gasteiger partial charge on any atom is 0.112 e. The molecule has 186 valence electrons. The Kier molecular flexibility index (Phi) is 7.58. The van der Waals surface area contributed by atoms with Crippen molar-refractivity contribution in [1.82, 2.24) is 9.55 Å². The molecule has 0 spiro atoms. The Hall–Kier alpha value is -0.790. The number of hydrogen-bond donors (Lipinski definition) is 0. The summed E-state index contributed by atoms with van der Waals surface area (Å²) in [5, 5.41) is 0. The van der Waals surface area contributed by atoms with E-state index in [9.17, 15) is 0 Å². The fraction of sp³-hybridized carbons (Fsp3) is 0.903. The van der Waals surface area contributed by atoms with E-state index in [-0.39, 0.29) is 0 Å². The van der Waals surface area contributed by atoms with Gasteiger partial charge in [-0.3, -0.25) is 0 Å². The SMILES string of the molecule is CC(C)(C)C1CCC(c2cnc(C3CCC(C4CCCCC4)CC3)n2C2CCCCC2)CC1. The van der Waals surface area contributed by atoms with Crippen molar-refractivity contribution >= 4 is 0 Å². The highest BCUT2D eigenvalue weighted by Crippen LogP contribution is 2.47. The number of nitrogens with zero attached hydrogens (tertiary/aromatic N) is 2. The largest absolute Gasteiger partial charge is 0.328 e. The average Bonchev–Trinajstić information content (AvgIpc) is 3.30. The topological polar surface area (TPSA) is 17.8 Å². The molecule has 0 amide bonds. The van der Waals surface area contributed by atoms with Gasteiger partial charge in [-0.25, -0.2) is 4.98 Å². The Morgan fingerprint density at radius 1 is 0.636 bits per heavy atom. The van der Waals surface area contributed by atoms with Gasteiger partial charge in [-0.2, -0.15) is 0 Å².